The topological polar surface area (TPSA) is 83.1 Å². The van der Waals surface area contributed by atoms with Crippen LogP contribution in [0.5, 0.6) is 17.2 Å². The fraction of sp³-hybridized carbons (Fsp3) is 0.300. The summed E-state index contributed by atoms with van der Waals surface area (Å²) in [5, 5.41) is 3.32. The number of esters is 1. The highest BCUT2D eigenvalue weighted by atomic mass is 35.5. The lowest BCUT2D eigenvalue weighted by molar-refractivity contribution is -0.124. The van der Waals surface area contributed by atoms with Crippen LogP contribution in [0.15, 0.2) is 36.4 Å². The highest BCUT2D eigenvalue weighted by Gasteiger charge is 2.22. The Hall–Kier alpha value is -2.93. The molecule has 150 valence electrons. The molecule has 8 heteroatoms. The van der Waals surface area contributed by atoms with Crippen molar-refractivity contribution in [3.63, 3.8) is 0 Å². The molecule has 0 saturated heterocycles. The van der Waals surface area contributed by atoms with Gasteiger partial charge in [-0.25, -0.2) is 4.79 Å². The molecule has 0 bridgehead atoms. The molecule has 0 spiro atoms. The molecule has 0 fully saturated rings. The lowest BCUT2D eigenvalue weighted by Gasteiger charge is -2.16. The van der Waals surface area contributed by atoms with Gasteiger partial charge in [0.2, 0.25) is 5.75 Å². The van der Waals surface area contributed by atoms with Crippen LogP contribution in [-0.4, -0.2) is 39.8 Å². The Morgan fingerprint density at radius 2 is 1.75 bits per heavy atom. The van der Waals surface area contributed by atoms with E-state index in [4.69, 9.17) is 30.5 Å². The Kier molecular flexibility index (Phi) is 7.52. The van der Waals surface area contributed by atoms with Crippen molar-refractivity contribution in [3.8, 4) is 17.2 Å². The second-order valence-corrected chi connectivity index (χ2v) is 6.24. The van der Waals surface area contributed by atoms with E-state index in [1.807, 2.05) is 13.0 Å². The van der Waals surface area contributed by atoms with Crippen molar-refractivity contribution < 1.29 is 28.5 Å². The summed E-state index contributed by atoms with van der Waals surface area (Å²) in [6.45, 7) is 1.37. The zero-order chi connectivity index (χ0) is 20.7. The molecular weight excluding hydrogens is 386 g/mol. The fourth-order valence-electron chi connectivity index (χ4n) is 2.61. The van der Waals surface area contributed by atoms with Crippen LogP contribution in [0.2, 0.25) is 5.02 Å². The Morgan fingerprint density at radius 3 is 2.36 bits per heavy atom. The average Bonchev–Trinajstić information content (AvgIpc) is 2.70. The highest BCUT2D eigenvalue weighted by Crippen LogP contribution is 2.39. The van der Waals surface area contributed by atoms with Crippen LogP contribution in [-0.2, 0) is 9.53 Å². The summed E-state index contributed by atoms with van der Waals surface area (Å²) >= 11 is 5.96. The molecule has 0 heterocycles. The van der Waals surface area contributed by atoms with E-state index in [2.05, 4.69) is 5.32 Å². The van der Waals surface area contributed by atoms with Crippen LogP contribution >= 0.6 is 11.6 Å². The maximum atomic E-state index is 12.4. The van der Waals surface area contributed by atoms with Crippen LogP contribution in [0.25, 0.3) is 0 Å². The predicted octanol–water partition coefficient (Wildman–Crippen LogP) is 3.40. The van der Waals surface area contributed by atoms with Crippen molar-refractivity contribution in [2.24, 2.45) is 0 Å². The van der Waals surface area contributed by atoms with Gasteiger partial charge in [-0.2, -0.15) is 0 Å². The van der Waals surface area contributed by atoms with E-state index >= 15 is 0 Å². The smallest absolute Gasteiger partial charge is 0.342 e. The SMILES string of the molecule is COc1ccc(C(=O)OCC(=O)N[C@H](C)c2cccc(Cl)c2)c(OC)c1OC. The molecule has 0 aliphatic rings. The molecule has 28 heavy (non-hydrogen) atoms. The third-order valence-electron chi connectivity index (χ3n) is 3.98. The van der Waals surface area contributed by atoms with E-state index in [9.17, 15) is 9.59 Å². The standard InChI is InChI=1S/C20H22ClNO6/c1-12(13-6-5-7-14(21)10-13)22-17(23)11-28-20(24)15-8-9-16(25-2)19(27-4)18(15)26-3/h5-10,12H,11H2,1-4H3,(H,22,23)/t12-/m1/s1. The maximum absolute atomic E-state index is 12.4. The Morgan fingerprint density at radius 1 is 1.04 bits per heavy atom. The minimum absolute atomic E-state index is 0.121. The Labute approximate surface area is 168 Å². The molecule has 0 aromatic heterocycles. The number of carbonyl (C=O) groups excluding carboxylic acids is 2. The Bertz CT molecular complexity index is 855. The third kappa shape index (κ3) is 5.07. The minimum Gasteiger partial charge on any atom is -0.493 e. The molecule has 1 amide bonds. The molecule has 1 N–H and O–H groups in total. The van der Waals surface area contributed by atoms with E-state index in [1.54, 1.807) is 24.3 Å². The van der Waals surface area contributed by atoms with Gasteiger partial charge in [0.05, 0.1) is 27.4 Å². The first-order valence-electron chi connectivity index (χ1n) is 8.42. The summed E-state index contributed by atoms with van der Waals surface area (Å²) in [5.41, 5.74) is 0.963. The number of hydrogen-bond donors (Lipinski definition) is 1. The molecule has 2 rings (SSSR count). The van der Waals surface area contributed by atoms with Crippen molar-refractivity contribution in [3.05, 3.63) is 52.5 Å². The van der Waals surface area contributed by atoms with Gasteiger partial charge in [-0.3, -0.25) is 4.79 Å². The zero-order valence-electron chi connectivity index (χ0n) is 16.1. The Balaban J connectivity index is 2.02. The highest BCUT2D eigenvalue weighted by molar-refractivity contribution is 6.30. The minimum atomic E-state index is -0.719. The maximum Gasteiger partial charge on any atom is 0.342 e. The van der Waals surface area contributed by atoms with Gasteiger partial charge in [0.25, 0.3) is 5.91 Å². The first-order chi connectivity index (χ1) is 13.4. The largest absolute Gasteiger partial charge is 0.493 e. The zero-order valence-corrected chi connectivity index (χ0v) is 16.8. The molecule has 7 nitrogen and oxygen atoms in total. The van der Waals surface area contributed by atoms with Crippen LogP contribution in [0.4, 0.5) is 0 Å². The number of hydrogen-bond acceptors (Lipinski definition) is 6. The van der Waals surface area contributed by atoms with Crippen molar-refractivity contribution in [1.82, 2.24) is 5.32 Å². The molecular formula is C20H22ClNO6. The second kappa shape index (κ2) is 9.85. The number of benzene rings is 2. The van der Waals surface area contributed by atoms with E-state index in [0.29, 0.717) is 10.8 Å². The molecule has 0 radical (unpaired) electrons. The van der Waals surface area contributed by atoms with Gasteiger partial charge in [0.15, 0.2) is 18.1 Å². The van der Waals surface area contributed by atoms with Crippen molar-refractivity contribution in [2.75, 3.05) is 27.9 Å². The number of amides is 1. The summed E-state index contributed by atoms with van der Waals surface area (Å²) in [4.78, 5) is 24.5. The lowest BCUT2D eigenvalue weighted by Crippen LogP contribution is -2.31. The molecule has 1 atom stereocenters. The normalized spacial score (nSPS) is 11.3. The molecule has 0 aliphatic carbocycles. The van der Waals surface area contributed by atoms with E-state index in [-0.39, 0.29) is 23.1 Å². The van der Waals surface area contributed by atoms with E-state index in [0.717, 1.165) is 5.56 Å². The van der Waals surface area contributed by atoms with Crippen molar-refractivity contribution in [1.29, 1.82) is 0 Å². The summed E-state index contributed by atoms with van der Waals surface area (Å²) in [6.07, 6.45) is 0. The number of rotatable bonds is 8. The van der Waals surface area contributed by atoms with Crippen molar-refractivity contribution >= 4 is 23.5 Å². The summed E-state index contributed by atoms with van der Waals surface area (Å²) < 4.78 is 20.8. The monoisotopic (exact) mass is 407 g/mol. The number of nitrogens with one attached hydrogen (secondary N) is 1. The molecule has 0 unspecified atom stereocenters. The number of ether oxygens (including phenoxy) is 4. The van der Waals surface area contributed by atoms with Crippen molar-refractivity contribution in [2.45, 2.75) is 13.0 Å². The van der Waals surface area contributed by atoms with Gasteiger partial charge in [0.1, 0.15) is 5.56 Å². The molecule has 0 saturated carbocycles. The van der Waals surface area contributed by atoms with Gasteiger partial charge < -0.3 is 24.3 Å². The molecule has 2 aromatic carbocycles. The fourth-order valence-corrected chi connectivity index (χ4v) is 2.81. The van der Waals surface area contributed by atoms with Gasteiger partial charge >= 0.3 is 5.97 Å². The second-order valence-electron chi connectivity index (χ2n) is 5.80. The van der Waals surface area contributed by atoms with Gasteiger partial charge in [0, 0.05) is 5.02 Å². The van der Waals surface area contributed by atoms with Gasteiger partial charge in [-0.1, -0.05) is 23.7 Å². The molecule has 2 aromatic rings. The summed E-state index contributed by atoms with van der Waals surface area (Å²) in [5.74, 6) is -0.328. The quantitative estimate of drug-likeness (QED) is 0.675. The predicted molar refractivity (Wildman–Crippen MR) is 104 cm³/mol. The summed E-state index contributed by atoms with van der Waals surface area (Å²) in [7, 11) is 4.30. The van der Waals surface area contributed by atoms with E-state index in [1.165, 1.54) is 27.4 Å². The third-order valence-corrected chi connectivity index (χ3v) is 4.22. The lowest BCUT2D eigenvalue weighted by atomic mass is 10.1. The first-order valence-corrected chi connectivity index (χ1v) is 8.80. The van der Waals surface area contributed by atoms with Gasteiger partial charge in [-0.05, 0) is 36.8 Å². The van der Waals surface area contributed by atoms with Crippen LogP contribution in [0, 0.1) is 0 Å². The first kappa shape index (κ1) is 21.4. The average molecular weight is 408 g/mol. The number of methoxy groups -OCH3 is 3. The van der Waals surface area contributed by atoms with Crippen LogP contribution < -0.4 is 19.5 Å². The number of carbonyl (C=O) groups is 2. The van der Waals surface area contributed by atoms with Crippen LogP contribution in [0.3, 0.4) is 0 Å². The molecule has 0 aliphatic heterocycles. The number of halogens is 1. The summed E-state index contributed by atoms with van der Waals surface area (Å²) in [6, 6.07) is 9.89. The van der Waals surface area contributed by atoms with Gasteiger partial charge in [-0.15, -0.1) is 0 Å². The van der Waals surface area contributed by atoms with E-state index < -0.39 is 18.5 Å². The van der Waals surface area contributed by atoms with Crippen LogP contribution in [0.1, 0.15) is 28.9 Å².